The fourth-order valence-electron chi connectivity index (χ4n) is 5.81. The van der Waals surface area contributed by atoms with E-state index >= 15 is 0 Å². The van der Waals surface area contributed by atoms with Crippen molar-refractivity contribution in [1.29, 1.82) is 0 Å². The van der Waals surface area contributed by atoms with E-state index in [0.717, 1.165) is 29.8 Å². The van der Waals surface area contributed by atoms with Crippen molar-refractivity contribution in [1.82, 2.24) is 5.32 Å². The number of carbonyl (C=O) groups excluding carboxylic acids is 1. The van der Waals surface area contributed by atoms with Gasteiger partial charge < -0.3 is 5.32 Å². The van der Waals surface area contributed by atoms with Crippen LogP contribution in [0.4, 0.5) is 5.69 Å². The number of hydrogen-bond donors (Lipinski definition) is 1. The Hall–Kier alpha value is -0.690. The van der Waals surface area contributed by atoms with E-state index in [0.29, 0.717) is 17.8 Å². The highest BCUT2D eigenvalue weighted by Crippen LogP contribution is 2.55. The molecule has 5 nitrogen and oxygen atoms in total. The third-order valence-corrected chi connectivity index (χ3v) is 8.54. The number of nitrogens with zero attached hydrogens (tertiary/aromatic N) is 1. The fourth-order valence-corrected chi connectivity index (χ4v) is 7.37. The summed E-state index contributed by atoms with van der Waals surface area (Å²) in [6, 6.07) is 2.77. The molecule has 0 unspecified atom stereocenters. The SMILES string of the molecule is CS(=O)(=O)N(CC(=O)NC12CC3CC(CC(C3)C1)C2)c1cc(Cl)c(Cl)cc1Cl. The summed E-state index contributed by atoms with van der Waals surface area (Å²) in [5.74, 6) is 1.74. The minimum Gasteiger partial charge on any atom is -0.349 e. The molecule has 0 aromatic heterocycles. The van der Waals surface area contributed by atoms with Crippen molar-refractivity contribution in [3.63, 3.8) is 0 Å². The molecule has 0 radical (unpaired) electrons. The molecule has 1 aromatic carbocycles. The van der Waals surface area contributed by atoms with Crippen molar-refractivity contribution in [2.24, 2.45) is 17.8 Å². The fraction of sp³-hybridized carbons (Fsp3) is 0.632. The van der Waals surface area contributed by atoms with E-state index in [1.165, 1.54) is 31.4 Å². The van der Waals surface area contributed by atoms with Crippen molar-refractivity contribution in [2.75, 3.05) is 17.1 Å². The van der Waals surface area contributed by atoms with Gasteiger partial charge in [-0.2, -0.15) is 0 Å². The molecule has 1 N–H and O–H groups in total. The lowest BCUT2D eigenvalue weighted by atomic mass is 9.53. The second kappa shape index (κ2) is 7.22. The summed E-state index contributed by atoms with van der Waals surface area (Å²) in [7, 11) is -3.74. The van der Waals surface area contributed by atoms with Gasteiger partial charge in [0.05, 0.1) is 27.0 Å². The van der Waals surface area contributed by atoms with E-state index in [9.17, 15) is 13.2 Å². The maximum Gasteiger partial charge on any atom is 0.241 e. The Bertz CT molecular complexity index is 884. The van der Waals surface area contributed by atoms with Crippen molar-refractivity contribution < 1.29 is 13.2 Å². The zero-order chi connectivity index (χ0) is 20.3. The number of nitrogens with one attached hydrogen (secondary N) is 1. The van der Waals surface area contributed by atoms with Gasteiger partial charge in [0.25, 0.3) is 0 Å². The van der Waals surface area contributed by atoms with Crippen molar-refractivity contribution in [3.8, 4) is 0 Å². The zero-order valence-corrected chi connectivity index (χ0v) is 18.6. The summed E-state index contributed by atoms with van der Waals surface area (Å²) < 4.78 is 25.8. The topological polar surface area (TPSA) is 66.5 Å². The highest BCUT2D eigenvalue weighted by atomic mass is 35.5. The predicted molar refractivity (Wildman–Crippen MR) is 113 cm³/mol. The summed E-state index contributed by atoms with van der Waals surface area (Å²) in [5.41, 5.74) is -0.0320. The zero-order valence-electron chi connectivity index (χ0n) is 15.6. The van der Waals surface area contributed by atoms with Gasteiger partial charge in [-0.3, -0.25) is 9.10 Å². The molecule has 0 aliphatic heterocycles. The van der Waals surface area contributed by atoms with Crippen LogP contribution >= 0.6 is 34.8 Å². The number of carbonyl (C=O) groups is 1. The van der Waals surface area contributed by atoms with Gasteiger partial charge in [-0.1, -0.05) is 34.8 Å². The van der Waals surface area contributed by atoms with Crippen molar-refractivity contribution >= 4 is 56.4 Å². The van der Waals surface area contributed by atoms with E-state index in [4.69, 9.17) is 34.8 Å². The van der Waals surface area contributed by atoms with Gasteiger partial charge in [0.2, 0.25) is 15.9 Å². The first kappa shape index (κ1) is 20.6. The van der Waals surface area contributed by atoms with Gasteiger partial charge in [-0.15, -0.1) is 0 Å². The molecular formula is C19H23Cl3N2O3S. The van der Waals surface area contributed by atoms with Crippen LogP contribution in [0.1, 0.15) is 38.5 Å². The average Bonchev–Trinajstić information content (AvgIpc) is 2.53. The number of sulfonamides is 1. The molecule has 4 fully saturated rings. The van der Waals surface area contributed by atoms with Crippen molar-refractivity contribution in [2.45, 2.75) is 44.1 Å². The third kappa shape index (κ3) is 3.98. The first-order valence-corrected chi connectivity index (χ1v) is 12.5. The monoisotopic (exact) mass is 464 g/mol. The molecule has 0 spiro atoms. The quantitative estimate of drug-likeness (QED) is 0.651. The second-order valence-corrected chi connectivity index (χ2v) is 11.9. The first-order chi connectivity index (χ1) is 13.0. The lowest BCUT2D eigenvalue weighted by Crippen LogP contribution is -2.61. The molecule has 4 bridgehead atoms. The lowest BCUT2D eigenvalue weighted by molar-refractivity contribution is -0.125. The van der Waals surface area contributed by atoms with E-state index < -0.39 is 10.0 Å². The number of rotatable bonds is 5. The van der Waals surface area contributed by atoms with Crippen LogP contribution < -0.4 is 9.62 Å². The van der Waals surface area contributed by atoms with Crippen LogP contribution in [0, 0.1) is 17.8 Å². The van der Waals surface area contributed by atoms with Gasteiger partial charge in [0, 0.05) is 5.54 Å². The van der Waals surface area contributed by atoms with Gasteiger partial charge in [-0.05, 0) is 68.4 Å². The lowest BCUT2D eigenvalue weighted by Gasteiger charge is -2.57. The normalized spacial score (nSPS) is 31.1. The Labute approximate surface area is 180 Å². The molecule has 4 saturated carbocycles. The highest BCUT2D eigenvalue weighted by Gasteiger charge is 2.51. The number of anilines is 1. The summed E-state index contributed by atoms with van der Waals surface area (Å²) in [6.45, 7) is -0.335. The average molecular weight is 466 g/mol. The third-order valence-electron chi connectivity index (χ3n) is 6.39. The van der Waals surface area contributed by atoms with Gasteiger partial charge in [0.15, 0.2) is 0 Å². The van der Waals surface area contributed by atoms with Crippen LogP contribution in [0.2, 0.25) is 15.1 Å². The summed E-state index contributed by atoms with van der Waals surface area (Å²) in [4.78, 5) is 12.9. The summed E-state index contributed by atoms with van der Waals surface area (Å²) >= 11 is 18.2. The van der Waals surface area contributed by atoms with E-state index in [1.54, 1.807) is 0 Å². The van der Waals surface area contributed by atoms with Gasteiger partial charge in [0.1, 0.15) is 6.54 Å². The van der Waals surface area contributed by atoms with Crippen LogP contribution in [0.3, 0.4) is 0 Å². The molecule has 28 heavy (non-hydrogen) atoms. The smallest absolute Gasteiger partial charge is 0.241 e. The standard InChI is InChI=1S/C19H23Cl3N2O3S/c1-28(26,27)24(17-6-15(21)14(20)5-16(17)22)10-18(25)23-19-7-11-2-12(8-19)4-13(3-11)9-19/h5-6,11-13H,2-4,7-10H2,1H3,(H,23,25). The molecule has 5 rings (SSSR count). The molecule has 0 saturated heterocycles. The minimum absolute atomic E-state index is 0.127. The highest BCUT2D eigenvalue weighted by molar-refractivity contribution is 7.92. The maximum absolute atomic E-state index is 12.9. The van der Waals surface area contributed by atoms with E-state index in [2.05, 4.69) is 5.32 Å². The van der Waals surface area contributed by atoms with Crippen molar-refractivity contribution in [3.05, 3.63) is 27.2 Å². The Morgan fingerprint density at radius 2 is 1.54 bits per heavy atom. The molecule has 4 aliphatic carbocycles. The van der Waals surface area contributed by atoms with Crippen LogP contribution in [0.15, 0.2) is 12.1 Å². The van der Waals surface area contributed by atoms with E-state index in [-0.39, 0.29) is 38.7 Å². The molecule has 0 heterocycles. The predicted octanol–water partition coefficient (Wildman–Crippen LogP) is 4.50. The number of hydrogen-bond acceptors (Lipinski definition) is 3. The first-order valence-electron chi connectivity index (χ1n) is 9.48. The van der Waals surface area contributed by atoms with Crippen LogP contribution in [0.5, 0.6) is 0 Å². The van der Waals surface area contributed by atoms with Crippen LogP contribution in [0.25, 0.3) is 0 Å². The Balaban J connectivity index is 1.55. The Morgan fingerprint density at radius 1 is 1.04 bits per heavy atom. The van der Waals surface area contributed by atoms with Crippen LogP contribution in [-0.2, 0) is 14.8 Å². The summed E-state index contributed by atoms with van der Waals surface area (Å²) in [6.07, 6.45) is 7.84. The van der Waals surface area contributed by atoms with Gasteiger partial charge in [-0.25, -0.2) is 8.42 Å². The summed E-state index contributed by atoms with van der Waals surface area (Å²) in [5, 5.41) is 3.72. The molecule has 4 aliphatic rings. The minimum atomic E-state index is -3.74. The largest absolute Gasteiger partial charge is 0.349 e. The molecule has 1 aromatic rings. The Kier molecular flexibility index (Phi) is 5.31. The maximum atomic E-state index is 12.9. The molecule has 1 amide bonds. The number of halogens is 3. The van der Waals surface area contributed by atoms with E-state index in [1.807, 2.05) is 0 Å². The van der Waals surface area contributed by atoms with Crippen LogP contribution in [-0.4, -0.2) is 32.7 Å². The molecule has 9 heteroatoms. The second-order valence-electron chi connectivity index (χ2n) is 8.73. The number of amides is 1. The molecular weight excluding hydrogens is 443 g/mol. The molecule has 0 atom stereocenters. The van der Waals surface area contributed by atoms with Gasteiger partial charge >= 0.3 is 0 Å². The molecule has 154 valence electrons. The Morgan fingerprint density at radius 3 is 2.04 bits per heavy atom. The number of benzene rings is 1.